The molecule has 3 N–H and O–H groups in total. The highest BCUT2D eigenvalue weighted by molar-refractivity contribution is 6.34. The number of hydrogen-bond acceptors (Lipinski definition) is 4. The van der Waals surface area contributed by atoms with Crippen LogP contribution in [0.2, 0.25) is 5.02 Å². The van der Waals surface area contributed by atoms with Crippen molar-refractivity contribution in [2.45, 2.75) is 19.4 Å². The summed E-state index contributed by atoms with van der Waals surface area (Å²) < 4.78 is 0. The van der Waals surface area contributed by atoms with Gasteiger partial charge >= 0.3 is 5.97 Å². The van der Waals surface area contributed by atoms with Crippen molar-refractivity contribution in [3.8, 4) is 0 Å². The van der Waals surface area contributed by atoms with Gasteiger partial charge in [-0.15, -0.1) is 0 Å². The maximum absolute atomic E-state index is 11.4. The van der Waals surface area contributed by atoms with Gasteiger partial charge in [-0.3, -0.25) is 4.90 Å². The Morgan fingerprint density at radius 1 is 1.50 bits per heavy atom. The Labute approximate surface area is 123 Å². The highest BCUT2D eigenvalue weighted by atomic mass is 35.5. The number of aromatic carboxylic acids is 1. The first kappa shape index (κ1) is 14.9. The van der Waals surface area contributed by atoms with Crippen LogP contribution in [0.4, 0.5) is 11.4 Å². The van der Waals surface area contributed by atoms with Gasteiger partial charge in [-0.25, -0.2) is 4.79 Å². The predicted octanol–water partition coefficient (Wildman–Crippen LogP) is 2.15. The van der Waals surface area contributed by atoms with Gasteiger partial charge in [0, 0.05) is 31.4 Å². The highest BCUT2D eigenvalue weighted by Gasteiger charge is 2.27. The third-order valence-corrected chi connectivity index (χ3v) is 4.17. The molecule has 2 rings (SSSR count). The second-order valence-corrected chi connectivity index (χ2v) is 5.60. The molecule has 1 fully saturated rings. The van der Waals surface area contributed by atoms with Crippen molar-refractivity contribution in [2.75, 3.05) is 37.3 Å². The number of carboxylic acids is 1. The average Bonchev–Trinajstić information content (AvgIpc) is 2.39. The SMILES string of the molecule is CCC1CN(c2c(Cl)cc(N)cc2C(=O)O)CCN1C. The molecular formula is C14H20ClN3O2. The molecule has 0 saturated carbocycles. The van der Waals surface area contributed by atoms with E-state index in [2.05, 4.69) is 23.8 Å². The van der Waals surface area contributed by atoms with Gasteiger partial charge in [-0.05, 0) is 25.6 Å². The number of nitrogen functional groups attached to an aromatic ring is 1. The predicted molar refractivity (Wildman–Crippen MR) is 81.7 cm³/mol. The van der Waals surface area contributed by atoms with E-state index in [-0.39, 0.29) is 5.56 Å². The van der Waals surface area contributed by atoms with Crippen molar-refractivity contribution in [1.82, 2.24) is 4.90 Å². The van der Waals surface area contributed by atoms with E-state index in [0.717, 1.165) is 26.1 Å². The third kappa shape index (κ3) is 2.83. The smallest absolute Gasteiger partial charge is 0.337 e. The summed E-state index contributed by atoms with van der Waals surface area (Å²) in [5.41, 5.74) is 6.83. The number of likely N-dealkylation sites (N-methyl/N-ethyl adjacent to an activating group) is 1. The van der Waals surface area contributed by atoms with Crippen molar-refractivity contribution >= 4 is 28.9 Å². The zero-order chi connectivity index (χ0) is 14.9. The van der Waals surface area contributed by atoms with E-state index in [4.69, 9.17) is 17.3 Å². The minimum absolute atomic E-state index is 0.175. The summed E-state index contributed by atoms with van der Waals surface area (Å²) >= 11 is 6.24. The summed E-state index contributed by atoms with van der Waals surface area (Å²) in [4.78, 5) is 15.8. The van der Waals surface area contributed by atoms with Crippen molar-refractivity contribution in [3.05, 3.63) is 22.7 Å². The number of anilines is 2. The minimum atomic E-state index is -0.999. The summed E-state index contributed by atoms with van der Waals surface area (Å²) in [6.07, 6.45) is 1.02. The standard InChI is InChI=1S/C14H20ClN3O2/c1-3-10-8-18(5-4-17(10)2)13-11(14(19)20)6-9(16)7-12(13)15/h6-7,10H,3-5,8,16H2,1-2H3,(H,19,20). The molecule has 1 saturated heterocycles. The Hall–Kier alpha value is -1.46. The molecule has 6 heteroatoms. The maximum atomic E-state index is 11.4. The summed E-state index contributed by atoms with van der Waals surface area (Å²) in [6, 6.07) is 3.49. The number of piperazine rings is 1. The van der Waals surface area contributed by atoms with Gasteiger partial charge in [-0.2, -0.15) is 0 Å². The lowest BCUT2D eigenvalue weighted by molar-refractivity contribution is 0.0697. The van der Waals surface area contributed by atoms with E-state index in [1.165, 1.54) is 6.07 Å². The molecular weight excluding hydrogens is 278 g/mol. The van der Waals surface area contributed by atoms with Gasteiger partial charge in [0.1, 0.15) is 0 Å². The van der Waals surface area contributed by atoms with E-state index < -0.39 is 5.97 Å². The van der Waals surface area contributed by atoms with E-state index in [0.29, 0.717) is 22.4 Å². The average molecular weight is 298 g/mol. The van der Waals surface area contributed by atoms with E-state index >= 15 is 0 Å². The molecule has 1 aliphatic heterocycles. The summed E-state index contributed by atoms with van der Waals surface area (Å²) in [5.74, 6) is -0.999. The van der Waals surface area contributed by atoms with Gasteiger partial charge in [0.15, 0.2) is 0 Å². The lowest BCUT2D eigenvalue weighted by atomic mass is 10.1. The fourth-order valence-electron chi connectivity index (χ4n) is 2.69. The van der Waals surface area contributed by atoms with Gasteiger partial charge in [0.2, 0.25) is 0 Å². The molecule has 0 aromatic heterocycles. The topological polar surface area (TPSA) is 69.8 Å². The Morgan fingerprint density at radius 2 is 2.20 bits per heavy atom. The monoisotopic (exact) mass is 297 g/mol. The largest absolute Gasteiger partial charge is 0.478 e. The molecule has 20 heavy (non-hydrogen) atoms. The van der Waals surface area contributed by atoms with Crippen LogP contribution in [0.25, 0.3) is 0 Å². The summed E-state index contributed by atoms with van der Waals surface area (Å²) in [6.45, 7) is 4.56. The molecule has 0 radical (unpaired) electrons. The molecule has 1 atom stereocenters. The van der Waals surface area contributed by atoms with Gasteiger partial charge in [-0.1, -0.05) is 18.5 Å². The molecule has 5 nitrogen and oxygen atoms in total. The second kappa shape index (κ2) is 5.89. The second-order valence-electron chi connectivity index (χ2n) is 5.19. The van der Waals surface area contributed by atoms with Gasteiger partial charge < -0.3 is 15.7 Å². The van der Waals surface area contributed by atoms with Crippen LogP contribution in [-0.2, 0) is 0 Å². The molecule has 0 aliphatic carbocycles. The molecule has 1 aliphatic rings. The number of rotatable bonds is 3. The van der Waals surface area contributed by atoms with Crippen LogP contribution in [0, 0.1) is 0 Å². The van der Waals surface area contributed by atoms with Crippen molar-refractivity contribution in [3.63, 3.8) is 0 Å². The maximum Gasteiger partial charge on any atom is 0.337 e. The Bertz CT molecular complexity index is 521. The number of nitrogens with two attached hydrogens (primary N) is 1. The summed E-state index contributed by atoms with van der Waals surface area (Å²) in [5, 5.41) is 9.77. The minimum Gasteiger partial charge on any atom is -0.478 e. The van der Waals surface area contributed by atoms with E-state index in [1.54, 1.807) is 6.07 Å². The first-order chi connectivity index (χ1) is 9.43. The molecule has 0 bridgehead atoms. The molecule has 110 valence electrons. The van der Waals surface area contributed by atoms with Crippen LogP contribution in [0.1, 0.15) is 23.7 Å². The fraction of sp³-hybridized carbons (Fsp3) is 0.500. The summed E-state index contributed by atoms with van der Waals surface area (Å²) in [7, 11) is 2.09. The number of nitrogens with zero attached hydrogens (tertiary/aromatic N) is 2. The first-order valence-corrected chi connectivity index (χ1v) is 7.09. The molecule has 1 heterocycles. The zero-order valence-electron chi connectivity index (χ0n) is 11.8. The fourth-order valence-corrected chi connectivity index (χ4v) is 3.04. The van der Waals surface area contributed by atoms with Gasteiger partial charge in [0.25, 0.3) is 0 Å². The quantitative estimate of drug-likeness (QED) is 0.837. The van der Waals surface area contributed by atoms with Crippen LogP contribution in [-0.4, -0.2) is 48.7 Å². The first-order valence-electron chi connectivity index (χ1n) is 6.71. The van der Waals surface area contributed by atoms with E-state index in [9.17, 15) is 9.90 Å². The number of benzene rings is 1. The zero-order valence-corrected chi connectivity index (χ0v) is 12.5. The normalized spacial score (nSPS) is 20.1. The molecule has 0 amide bonds. The van der Waals surface area contributed by atoms with Crippen molar-refractivity contribution in [2.24, 2.45) is 0 Å². The van der Waals surface area contributed by atoms with E-state index in [1.807, 2.05) is 0 Å². The number of carbonyl (C=O) groups is 1. The van der Waals surface area contributed by atoms with Crippen LogP contribution >= 0.6 is 11.6 Å². The molecule has 1 unspecified atom stereocenters. The molecule has 1 aromatic rings. The highest BCUT2D eigenvalue weighted by Crippen LogP contribution is 2.34. The van der Waals surface area contributed by atoms with Crippen LogP contribution < -0.4 is 10.6 Å². The Balaban J connectivity index is 2.39. The number of halogens is 1. The molecule has 0 spiro atoms. The Morgan fingerprint density at radius 3 is 2.80 bits per heavy atom. The van der Waals surface area contributed by atoms with Crippen molar-refractivity contribution < 1.29 is 9.90 Å². The lowest BCUT2D eigenvalue weighted by Gasteiger charge is -2.41. The lowest BCUT2D eigenvalue weighted by Crippen LogP contribution is -2.51. The van der Waals surface area contributed by atoms with Gasteiger partial charge in [0.05, 0.1) is 16.3 Å². The molecule has 1 aromatic carbocycles. The number of carboxylic acid groups (broad SMARTS) is 1. The van der Waals surface area contributed by atoms with Crippen LogP contribution in [0.3, 0.4) is 0 Å². The van der Waals surface area contributed by atoms with Crippen LogP contribution in [0.15, 0.2) is 12.1 Å². The Kier molecular flexibility index (Phi) is 4.40. The van der Waals surface area contributed by atoms with Crippen molar-refractivity contribution in [1.29, 1.82) is 0 Å². The number of hydrogen-bond donors (Lipinski definition) is 2. The third-order valence-electron chi connectivity index (χ3n) is 3.88. The van der Waals surface area contributed by atoms with Crippen LogP contribution in [0.5, 0.6) is 0 Å².